The standard InChI is InChI=1S/C17H20N4S/c1-13-11-19-17(18)15-16(13)21(12-20-15)9-5-6-10-22-14-7-3-2-4-8-14/h2-4,7-8,11-12H,5-6,9-10H2,1H3,(H2,18,19). The van der Waals surface area contributed by atoms with E-state index >= 15 is 0 Å². The zero-order valence-corrected chi connectivity index (χ0v) is 13.5. The summed E-state index contributed by atoms with van der Waals surface area (Å²) in [5.41, 5.74) is 8.95. The van der Waals surface area contributed by atoms with Gasteiger partial charge in [-0.3, -0.25) is 0 Å². The minimum atomic E-state index is 0.513. The van der Waals surface area contributed by atoms with Gasteiger partial charge in [-0.05, 0) is 43.2 Å². The third-order valence-electron chi connectivity index (χ3n) is 3.66. The Morgan fingerprint density at radius 2 is 1.95 bits per heavy atom. The number of imidazole rings is 1. The molecule has 1 aromatic carbocycles. The topological polar surface area (TPSA) is 56.7 Å². The molecule has 0 saturated carbocycles. The number of hydrogen-bond donors (Lipinski definition) is 1. The molecule has 0 bridgehead atoms. The summed E-state index contributed by atoms with van der Waals surface area (Å²) in [4.78, 5) is 9.90. The number of nitrogens with two attached hydrogens (primary N) is 1. The van der Waals surface area contributed by atoms with E-state index in [1.54, 1.807) is 0 Å². The first-order valence-electron chi connectivity index (χ1n) is 7.49. The Morgan fingerprint density at radius 1 is 1.14 bits per heavy atom. The Morgan fingerprint density at radius 3 is 2.77 bits per heavy atom. The predicted octanol–water partition coefficient (Wildman–Crippen LogP) is 3.89. The van der Waals surface area contributed by atoms with Crippen LogP contribution in [0.25, 0.3) is 11.0 Å². The van der Waals surface area contributed by atoms with Crippen molar-refractivity contribution in [1.29, 1.82) is 0 Å². The summed E-state index contributed by atoms with van der Waals surface area (Å²) in [6.45, 7) is 3.02. The number of thioether (sulfide) groups is 1. The Kier molecular flexibility index (Phi) is 4.63. The van der Waals surface area contributed by atoms with Crippen LogP contribution >= 0.6 is 11.8 Å². The van der Waals surface area contributed by atoms with Gasteiger partial charge in [0.2, 0.25) is 0 Å². The highest BCUT2D eigenvalue weighted by Crippen LogP contribution is 2.22. The molecule has 2 heterocycles. The quantitative estimate of drug-likeness (QED) is 0.554. The monoisotopic (exact) mass is 312 g/mol. The summed E-state index contributed by atoms with van der Waals surface area (Å²) in [6, 6.07) is 10.5. The maximum atomic E-state index is 5.89. The summed E-state index contributed by atoms with van der Waals surface area (Å²) in [5.74, 6) is 1.65. The summed E-state index contributed by atoms with van der Waals surface area (Å²) in [5, 5.41) is 0. The van der Waals surface area contributed by atoms with Crippen LogP contribution in [0.15, 0.2) is 47.8 Å². The fourth-order valence-corrected chi connectivity index (χ4v) is 3.47. The lowest BCUT2D eigenvalue weighted by molar-refractivity contribution is 0.648. The first-order valence-corrected chi connectivity index (χ1v) is 8.48. The molecule has 0 radical (unpaired) electrons. The largest absolute Gasteiger partial charge is 0.382 e. The SMILES string of the molecule is Cc1cnc(N)c2ncn(CCCCSc3ccccc3)c12. The summed E-state index contributed by atoms with van der Waals surface area (Å²) >= 11 is 1.91. The number of fused-ring (bicyclic) bond motifs is 1. The molecule has 0 unspecified atom stereocenters. The summed E-state index contributed by atoms with van der Waals surface area (Å²) in [6.07, 6.45) is 6.01. The van der Waals surface area contributed by atoms with Crippen molar-refractivity contribution in [3.8, 4) is 0 Å². The van der Waals surface area contributed by atoms with E-state index in [4.69, 9.17) is 5.73 Å². The Hall–Kier alpha value is -2.01. The van der Waals surface area contributed by atoms with E-state index in [0.717, 1.165) is 35.3 Å². The average molecular weight is 312 g/mol. The number of benzene rings is 1. The van der Waals surface area contributed by atoms with Crippen molar-refractivity contribution in [2.75, 3.05) is 11.5 Å². The van der Waals surface area contributed by atoms with E-state index in [9.17, 15) is 0 Å². The second-order valence-electron chi connectivity index (χ2n) is 5.33. The molecule has 0 aliphatic carbocycles. The smallest absolute Gasteiger partial charge is 0.151 e. The maximum Gasteiger partial charge on any atom is 0.151 e. The van der Waals surface area contributed by atoms with E-state index in [1.165, 1.54) is 11.3 Å². The van der Waals surface area contributed by atoms with Crippen molar-refractivity contribution in [2.45, 2.75) is 31.2 Å². The molecule has 2 aromatic heterocycles. The molecule has 0 aliphatic rings. The zero-order chi connectivity index (χ0) is 15.4. The molecular formula is C17H20N4S. The average Bonchev–Trinajstić information content (AvgIpc) is 2.97. The molecule has 5 heteroatoms. The van der Waals surface area contributed by atoms with Gasteiger partial charge in [0, 0.05) is 17.6 Å². The van der Waals surface area contributed by atoms with Crippen molar-refractivity contribution in [1.82, 2.24) is 14.5 Å². The van der Waals surface area contributed by atoms with Crippen LogP contribution in [0.4, 0.5) is 5.82 Å². The van der Waals surface area contributed by atoms with Gasteiger partial charge in [-0.15, -0.1) is 11.8 Å². The number of hydrogen-bond acceptors (Lipinski definition) is 4. The molecule has 4 nitrogen and oxygen atoms in total. The highest BCUT2D eigenvalue weighted by Gasteiger charge is 2.09. The molecule has 3 rings (SSSR count). The summed E-state index contributed by atoms with van der Waals surface area (Å²) < 4.78 is 2.19. The molecule has 0 saturated heterocycles. The van der Waals surface area contributed by atoms with Crippen LogP contribution in [0.2, 0.25) is 0 Å². The molecule has 0 spiro atoms. The molecule has 0 atom stereocenters. The first-order chi connectivity index (χ1) is 10.8. The van der Waals surface area contributed by atoms with Crippen LogP contribution in [0.1, 0.15) is 18.4 Å². The van der Waals surface area contributed by atoms with Crippen molar-refractivity contribution in [3.05, 3.63) is 48.4 Å². The van der Waals surface area contributed by atoms with Crippen LogP contribution in [0, 0.1) is 6.92 Å². The summed E-state index contributed by atoms with van der Waals surface area (Å²) in [7, 11) is 0. The van der Waals surface area contributed by atoms with Crippen LogP contribution in [0.5, 0.6) is 0 Å². The van der Waals surface area contributed by atoms with Crippen LogP contribution < -0.4 is 5.73 Å². The number of anilines is 1. The second kappa shape index (κ2) is 6.83. The molecule has 3 aromatic rings. The van der Waals surface area contributed by atoms with Crippen molar-refractivity contribution in [3.63, 3.8) is 0 Å². The zero-order valence-electron chi connectivity index (χ0n) is 12.7. The third kappa shape index (κ3) is 3.25. The fraction of sp³-hybridized carbons (Fsp3) is 0.294. The number of aryl methyl sites for hydroxylation is 2. The third-order valence-corrected chi connectivity index (χ3v) is 4.75. The number of nitrogens with zero attached hydrogens (tertiary/aromatic N) is 3. The van der Waals surface area contributed by atoms with E-state index in [2.05, 4.69) is 51.8 Å². The molecule has 22 heavy (non-hydrogen) atoms. The highest BCUT2D eigenvalue weighted by atomic mass is 32.2. The minimum Gasteiger partial charge on any atom is -0.382 e. The van der Waals surface area contributed by atoms with Crippen molar-refractivity contribution >= 4 is 28.6 Å². The van der Waals surface area contributed by atoms with E-state index < -0.39 is 0 Å². The Bertz CT molecular complexity index is 752. The molecule has 2 N–H and O–H groups in total. The van der Waals surface area contributed by atoms with Gasteiger partial charge in [0.15, 0.2) is 5.82 Å². The van der Waals surface area contributed by atoms with Gasteiger partial charge in [0.1, 0.15) is 5.52 Å². The highest BCUT2D eigenvalue weighted by molar-refractivity contribution is 7.99. The van der Waals surface area contributed by atoms with Gasteiger partial charge in [0.25, 0.3) is 0 Å². The maximum absolute atomic E-state index is 5.89. The number of aromatic nitrogens is 3. The van der Waals surface area contributed by atoms with Gasteiger partial charge >= 0.3 is 0 Å². The van der Waals surface area contributed by atoms with Crippen molar-refractivity contribution in [2.24, 2.45) is 0 Å². The number of nitrogen functional groups attached to an aromatic ring is 1. The van der Waals surface area contributed by atoms with Crippen LogP contribution in [-0.2, 0) is 6.54 Å². The predicted molar refractivity (Wildman–Crippen MR) is 93.1 cm³/mol. The number of unbranched alkanes of at least 4 members (excludes halogenated alkanes) is 1. The van der Waals surface area contributed by atoms with Crippen molar-refractivity contribution < 1.29 is 0 Å². The van der Waals surface area contributed by atoms with E-state index in [0.29, 0.717) is 5.82 Å². The lowest BCUT2D eigenvalue weighted by atomic mass is 10.2. The van der Waals surface area contributed by atoms with Crippen LogP contribution in [-0.4, -0.2) is 20.3 Å². The lowest BCUT2D eigenvalue weighted by Gasteiger charge is -2.07. The van der Waals surface area contributed by atoms with Gasteiger partial charge in [-0.1, -0.05) is 18.2 Å². The minimum absolute atomic E-state index is 0.513. The number of rotatable bonds is 6. The van der Waals surface area contributed by atoms with E-state index in [-0.39, 0.29) is 0 Å². The molecule has 0 amide bonds. The second-order valence-corrected chi connectivity index (χ2v) is 6.50. The van der Waals surface area contributed by atoms with Gasteiger partial charge in [-0.25, -0.2) is 9.97 Å². The van der Waals surface area contributed by atoms with Gasteiger partial charge in [0.05, 0.1) is 11.8 Å². The number of pyridine rings is 1. The van der Waals surface area contributed by atoms with Crippen LogP contribution in [0.3, 0.4) is 0 Å². The van der Waals surface area contributed by atoms with Gasteiger partial charge < -0.3 is 10.3 Å². The lowest BCUT2D eigenvalue weighted by Crippen LogP contribution is -2.00. The normalized spacial score (nSPS) is 11.1. The fourth-order valence-electron chi connectivity index (χ4n) is 2.53. The molecular weight excluding hydrogens is 292 g/mol. The molecule has 114 valence electrons. The first kappa shape index (κ1) is 14.9. The van der Waals surface area contributed by atoms with Gasteiger partial charge in [-0.2, -0.15) is 0 Å². The molecule has 0 aliphatic heterocycles. The Balaban J connectivity index is 1.55. The Labute approximate surface area is 134 Å². The molecule has 0 fully saturated rings. The van der Waals surface area contributed by atoms with E-state index in [1.807, 2.05) is 24.3 Å².